The van der Waals surface area contributed by atoms with E-state index in [1.807, 2.05) is 0 Å². The third-order valence-electron chi connectivity index (χ3n) is 4.78. The third-order valence-corrected chi connectivity index (χ3v) is 4.78. The first-order valence-electron chi connectivity index (χ1n) is 8.37. The fourth-order valence-electron chi connectivity index (χ4n) is 3.32. The van der Waals surface area contributed by atoms with E-state index >= 15 is 0 Å². The fourth-order valence-corrected chi connectivity index (χ4v) is 3.32. The molecular formula is C19H34N2. The third kappa shape index (κ3) is 5.12. The highest BCUT2D eigenvalue weighted by Crippen LogP contribution is 2.21. The van der Waals surface area contributed by atoms with Gasteiger partial charge in [-0.3, -0.25) is 0 Å². The van der Waals surface area contributed by atoms with Gasteiger partial charge in [-0.1, -0.05) is 50.5 Å². The molecule has 21 heavy (non-hydrogen) atoms. The van der Waals surface area contributed by atoms with Crippen LogP contribution >= 0.6 is 0 Å². The van der Waals surface area contributed by atoms with Gasteiger partial charge in [0, 0.05) is 18.6 Å². The zero-order chi connectivity index (χ0) is 16.0. The van der Waals surface area contributed by atoms with Crippen LogP contribution in [-0.4, -0.2) is 31.6 Å². The van der Waals surface area contributed by atoms with Crippen molar-refractivity contribution >= 4 is 0 Å². The average molecular weight is 290 g/mol. The fraction of sp³-hybridized carbons (Fsp3) is 0.684. The predicted octanol–water partition coefficient (Wildman–Crippen LogP) is 4.32. The van der Waals surface area contributed by atoms with E-state index in [2.05, 4.69) is 77.1 Å². The Hall–Kier alpha value is -0.860. The van der Waals surface area contributed by atoms with Crippen molar-refractivity contribution in [3.63, 3.8) is 0 Å². The van der Waals surface area contributed by atoms with Gasteiger partial charge in [-0.15, -0.1) is 0 Å². The lowest BCUT2D eigenvalue weighted by molar-refractivity contribution is 0.190. The van der Waals surface area contributed by atoms with Crippen molar-refractivity contribution in [3.05, 3.63) is 34.9 Å². The Bertz CT molecular complexity index is 422. The highest BCUT2D eigenvalue weighted by Gasteiger charge is 2.21. The molecule has 0 aliphatic rings. The standard InChI is InChI=1S/C19H34N2/c1-8-17(9-2)19(21(6)7)13-20-16(5)18-11-10-14(3)12-15(18)4/h10-12,16-17,19-20H,8-9,13H2,1-7H3. The number of rotatable bonds is 8. The second kappa shape index (κ2) is 8.55. The van der Waals surface area contributed by atoms with Crippen molar-refractivity contribution in [2.24, 2.45) is 5.92 Å². The second-order valence-corrected chi connectivity index (χ2v) is 6.60. The molecule has 2 atom stereocenters. The largest absolute Gasteiger partial charge is 0.309 e. The number of aryl methyl sites for hydroxylation is 2. The molecule has 1 aromatic rings. The van der Waals surface area contributed by atoms with Crippen LogP contribution in [0.25, 0.3) is 0 Å². The van der Waals surface area contributed by atoms with Gasteiger partial charge in [-0.05, 0) is 51.9 Å². The molecule has 0 heterocycles. The number of nitrogens with zero attached hydrogens (tertiary/aromatic N) is 1. The summed E-state index contributed by atoms with van der Waals surface area (Å²) in [6.45, 7) is 12.3. The molecule has 0 aromatic heterocycles. The monoisotopic (exact) mass is 290 g/mol. The molecule has 0 spiro atoms. The molecule has 0 saturated carbocycles. The van der Waals surface area contributed by atoms with Crippen molar-refractivity contribution in [3.8, 4) is 0 Å². The van der Waals surface area contributed by atoms with Crippen molar-refractivity contribution in [1.82, 2.24) is 10.2 Å². The summed E-state index contributed by atoms with van der Waals surface area (Å²) in [4.78, 5) is 2.37. The minimum atomic E-state index is 0.405. The van der Waals surface area contributed by atoms with Gasteiger partial charge in [0.25, 0.3) is 0 Å². The summed E-state index contributed by atoms with van der Waals surface area (Å²) in [6.07, 6.45) is 2.50. The molecule has 0 fully saturated rings. The van der Waals surface area contributed by atoms with Crippen molar-refractivity contribution in [1.29, 1.82) is 0 Å². The van der Waals surface area contributed by atoms with Gasteiger partial charge >= 0.3 is 0 Å². The first-order chi connectivity index (χ1) is 9.90. The Kier molecular flexibility index (Phi) is 7.41. The van der Waals surface area contributed by atoms with E-state index < -0.39 is 0 Å². The maximum Gasteiger partial charge on any atom is 0.0295 e. The van der Waals surface area contributed by atoms with Gasteiger partial charge in [0.2, 0.25) is 0 Å². The molecule has 2 unspecified atom stereocenters. The van der Waals surface area contributed by atoms with Crippen LogP contribution in [0.1, 0.15) is 56.3 Å². The highest BCUT2D eigenvalue weighted by atomic mass is 15.1. The molecule has 0 aliphatic carbocycles. The summed E-state index contributed by atoms with van der Waals surface area (Å²) < 4.78 is 0. The minimum absolute atomic E-state index is 0.405. The number of likely N-dealkylation sites (N-methyl/N-ethyl adjacent to an activating group) is 1. The second-order valence-electron chi connectivity index (χ2n) is 6.60. The highest BCUT2D eigenvalue weighted by molar-refractivity contribution is 5.32. The van der Waals surface area contributed by atoms with Crippen LogP contribution in [0.3, 0.4) is 0 Å². The van der Waals surface area contributed by atoms with Crippen molar-refractivity contribution in [2.75, 3.05) is 20.6 Å². The van der Waals surface area contributed by atoms with Crippen molar-refractivity contribution in [2.45, 2.75) is 59.5 Å². The van der Waals surface area contributed by atoms with Gasteiger partial charge in [0.05, 0.1) is 0 Å². The maximum absolute atomic E-state index is 3.75. The Balaban J connectivity index is 2.71. The summed E-state index contributed by atoms with van der Waals surface area (Å²) in [5.41, 5.74) is 4.15. The van der Waals surface area contributed by atoms with E-state index in [0.717, 1.165) is 12.5 Å². The van der Waals surface area contributed by atoms with Crippen LogP contribution in [0.2, 0.25) is 0 Å². The molecule has 0 saturated heterocycles. The van der Waals surface area contributed by atoms with Crippen LogP contribution in [0, 0.1) is 19.8 Å². The van der Waals surface area contributed by atoms with E-state index in [4.69, 9.17) is 0 Å². The molecule has 1 rings (SSSR count). The lowest BCUT2D eigenvalue weighted by Crippen LogP contribution is -2.43. The lowest BCUT2D eigenvalue weighted by atomic mass is 9.92. The van der Waals surface area contributed by atoms with Gasteiger partial charge in [0.15, 0.2) is 0 Å². The number of benzene rings is 1. The predicted molar refractivity (Wildman–Crippen MR) is 93.9 cm³/mol. The molecule has 2 heteroatoms. The summed E-state index contributed by atoms with van der Waals surface area (Å²) in [5, 5.41) is 3.75. The SMILES string of the molecule is CCC(CC)C(CNC(C)c1ccc(C)cc1C)N(C)C. The number of hydrogen-bond donors (Lipinski definition) is 1. The molecule has 1 N–H and O–H groups in total. The van der Waals surface area contributed by atoms with Crippen molar-refractivity contribution < 1.29 is 0 Å². The van der Waals surface area contributed by atoms with Crippen LogP contribution in [0.15, 0.2) is 18.2 Å². The van der Waals surface area contributed by atoms with Crippen LogP contribution in [0.4, 0.5) is 0 Å². The van der Waals surface area contributed by atoms with Gasteiger partial charge in [-0.2, -0.15) is 0 Å². The first-order valence-corrected chi connectivity index (χ1v) is 8.37. The Morgan fingerprint density at radius 1 is 1.10 bits per heavy atom. The van der Waals surface area contributed by atoms with Crippen LogP contribution in [-0.2, 0) is 0 Å². The molecule has 120 valence electrons. The zero-order valence-corrected chi connectivity index (χ0v) is 15.0. The van der Waals surface area contributed by atoms with Gasteiger partial charge in [0.1, 0.15) is 0 Å². The molecule has 2 nitrogen and oxygen atoms in total. The van der Waals surface area contributed by atoms with E-state index in [9.17, 15) is 0 Å². The Labute approximate surface area is 131 Å². The van der Waals surface area contributed by atoms with E-state index in [-0.39, 0.29) is 0 Å². The quantitative estimate of drug-likeness (QED) is 0.767. The molecule has 0 radical (unpaired) electrons. The Morgan fingerprint density at radius 2 is 1.71 bits per heavy atom. The smallest absolute Gasteiger partial charge is 0.0295 e. The van der Waals surface area contributed by atoms with E-state index in [1.165, 1.54) is 29.5 Å². The first kappa shape index (κ1) is 18.2. The summed E-state index contributed by atoms with van der Waals surface area (Å²) >= 11 is 0. The normalized spacial score (nSPS) is 14.7. The van der Waals surface area contributed by atoms with E-state index in [0.29, 0.717) is 12.1 Å². The summed E-state index contributed by atoms with van der Waals surface area (Å²) in [5.74, 6) is 0.763. The maximum atomic E-state index is 3.75. The molecular weight excluding hydrogens is 256 g/mol. The summed E-state index contributed by atoms with van der Waals surface area (Å²) in [6, 6.07) is 7.77. The van der Waals surface area contributed by atoms with Crippen LogP contribution < -0.4 is 5.32 Å². The Morgan fingerprint density at radius 3 is 2.19 bits per heavy atom. The van der Waals surface area contributed by atoms with Gasteiger partial charge in [-0.25, -0.2) is 0 Å². The average Bonchev–Trinajstić information content (AvgIpc) is 2.42. The molecule has 0 bridgehead atoms. The van der Waals surface area contributed by atoms with Crippen LogP contribution in [0.5, 0.6) is 0 Å². The minimum Gasteiger partial charge on any atom is -0.309 e. The van der Waals surface area contributed by atoms with E-state index in [1.54, 1.807) is 0 Å². The van der Waals surface area contributed by atoms with Gasteiger partial charge < -0.3 is 10.2 Å². The molecule has 0 amide bonds. The molecule has 1 aromatic carbocycles. The number of nitrogens with one attached hydrogen (secondary N) is 1. The molecule has 0 aliphatic heterocycles. The topological polar surface area (TPSA) is 15.3 Å². The number of hydrogen-bond acceptors (Lipinski definition) is 2. The lowest BCUT2D eigenvalue weighted by Gasteiger charge is -2.33. The summed E-state index contributed by atoms with van der Waals surface area (Å²) in [7, 11) is 4.40. The zero-order valence-electron chi connectivity index (χ0n) is 15.0.